The lowest BCUT2D eigenvalue weighted by Gasteiger charge is -2.25. The molecule has 0 aliphatic rings. The molecule has 3 rings (SSSR count). The van der Waals surface area contributed by atoms with Gasteiger partial charge in [0, 0.05) is 5.56 Å². The summed E-state index contributed by atoms with van der Waals surface area (Å²) in [6.07, 6.45) is -0.800. The lowest BCUT2D eigenvalue weighted by molar-refractivity contribution is -0.166. The number of rotatable bonds is 18. The molecule has 0 N–H and O–H groups in total. The van der Waals surface area contributed by atoms with Crippen LogP contribution in [0.5, 0.6) is 5.75 Å². The lowest BCUT2D eigenvalue weighted by atomic mass is 9.85. The SMILES string of the molecule is CC(C)OC(=O)C(C)C(CC(C)C(=O)OCCOC(=O)c1ccccc1C(=O)OCCOc1ccccc1-c1ccccc1)C(=O)OC(C)C. The number of para-hydroxylation sites is 1. The van der Waals surface area contributed by atoms with Gasteiger partial charge >= 0.3 is 29.8 Å². The van der Waals surface area contributed by atoms with E-state index in [0.29, 0.717) is 5.75 Å². The lowest BCUT2D eigenvalue weighted by Crippen LogP contribution is -2.35. The van der Waals surface area contributed by atoms with E-state index in [0.717, 1.165) is 11.1 Å². The maximum absolute atomic E-state index is 12.9. The highest BCUT2D eigenvalue weighted by Crippen LogP contribution is 2.29. The van der Waals surface area contributed by atoms with Crippen molar-refractivity contribution in [1.29, 1.82) is 0 Å². The van der Waals surface area contributed by atoms with Crippen LogP contribution in [0, 0.1) is 17.8 Å². The van der Waals surface area contributed by atoms with Gasteiger partial charge in [-0.15, -0.1) is 0 Å². The molecule has 0 radical (unpaired) electrons. The zero-order valence-corrected chi connectivity index (χ0v) is 29.4. The Morgan fingerprint density at radius 3 is 1.64 bits per heavy atom. The molecule has 0 aliphatic heterocycles. The number of carbonyl (C=O) groups is 5. The van der Waals surface area contributed by atoms with Gasteiger partial charge in [0.1, 0.15) is 32.2 Å². The first-order valence-corrected chi connectivity index (χ1v) is 16.7. The van der Waals surface area contributed by atoms with Crippen molar-refractivity contribution in [3.63, 3.8) is 0 Å². The van der Waals surface area contributed by atoms with Gasteiger partial charge in [-0.2, -0.15) is 0 Å². The van der Waals surface area contributed by atoms with E-state index in [2.05, 4.69) is 0 Å². The standard InChI is InChI=1S/C39H46O11/c1-25(2)49-36(41)28(6)33(39(44)50-26(3)4)24-27(5)35(40)46-22-23-48-38(43)32-18-11-10-17-31(32)37(42)47-21-20-45-34-19-13-12-16-30(34)29-14-8-7-9-15-29/h7-19,25-28,33H,20-24H2,1-6H3. The van der Waals surface area contributed by atoms with Gasteiger partial charge in [-0.1, -0.05) is 74.5 Å². The van der Waals surface area contributed by atoms with Gasteiger partial charge in [-0.05, 0) is 57.9 Å². The fraction of sp³-hybridized carbons (Fsp3) is 0.410. The van der Waals surface area contributed by atoms with Crippen LogP contribution in [-0.4, -0.2) is 68.5 Å². The van der Waals surface area contributed by atoms with E-state index in [9.17, 15) is 24.0 Å². The number of hydrogen-bond donors (Lipinski definition) is 0. The maximum Gasteiger partial charge on any atom is 0.339 e. The molecule has 3 aromatic carbocycles. The maximum atomic E-state index is 12.9. The first-order valence-electron chi connectivity index (χ1n) is 16.7. The van der Waals surface area contributed by atoms with Crippen LogP contribution in [0.25, 0.3) is 11.1 Å². The van der Waals surface area contributed by atoms with Gasteiger partial charge in [0.05, 0.1) is 41.1 Å². The zero-order valence-electron chi connectivity index (χ0n) is 29.4. The Hall–Kier alpha value is -5.19. The summed E-state index contributed by atoms with van der Waals surface area (Å²) < 4.78 is 32.4. The average Bonchev–Trinajstić information content (AvgIpc) is 3.10. The molecule has 11 heteroatoms. The number of ether oxygens (including phenoxy) is 6. The summed E-state index contributed by atoms with van der Waals surface area (Å²) >= 11 is 0. The van der Waals surface area contributed by atoms with Crippen LogP contribution < -0.4 is 4.74 Å². The number of benzene rings is 3. The highest BCUT2D eigenvalue weighted by atomic mass is 16.6. The van der Waals surface area contributed by atoms with Crippen molar-refractivity contribution in [3.05, 3.63) is 90.0 Å². The third kappa shape index (κ3) is 12.0. The normalized spacial score (nSPS) is 12.7. The molecule has 3 aromatic rings. The third-order valence-electron chi connectivity index (χ3n) is 7.47. The largest absolute Gasteiger partial charge is 0.489 e. The summed E-state index contributed by atoms with van der Waals surface area (Å²) in [5, 5.41) is 0. The van der Waals surface area contributed by atoms with Gasteiger partial charge in [0.25, 0.3) is 0 Å². The van der Waals surface area contributed by atoms with E-state index in [4.69, 9.17) is 28.4 Å². The van der Waals surface area contributed by atoms with E-state index in [1.54, 1.807) is 53.7 Å². The fourth-order valence-electron chi connectivity index (χ4n) is 4.95. The molecule has 0 amide bonds. The van der Waals surface area contributed by atoms with Crippen LogP contribution in [-0.2, 0) is 38.1 Å². The van der Waals surface area contributed by atoms with Gasteiger partial charge in [0.15, 0.2) is 0 Å². The van der Waals surface area contributed by atoms with Crippen LogP contribution >= 0.6 is 0 Å². The predicted octanol–water partition coefficient (Wildman–Crippen LogP) is 6.47. The predicted molar refractivity (Wildman–Crippen MR) is 184 cm³/mol. The van der Waals surface area contributed by atoms with Crippen LogP contribution in [0.4, 0.5) is 0 Å². The Bertz CT molecular complexity index is 1580. The monoisotopic (exact) mass is 690 g/mol. The van der Waals surface area contributed by atoms with E-state index in [1.807, 2.05) is 54.6 Å². The Labute approximate surface area is 293 Å². The summed E-state index contributed by atoms with van der Waals surface area (Å²) in [7, 11) is 0. The molecular formula is C39H46O11. The molecule has 0 saturated heterocycles. The highest BCUT2D eigenvalue weighted by molar-refractivity contribution is 6.03. The first kappa shape index (κ1) is 39.3. The van der Waals surface area contributed by atoms with Gasteiger partial charge in [-0.25, -0.2) is 9.59 Å². The number of carbonyl (C=O) groups excluding carboxylic acids is 5. The van der Waals surface area contributed by atoms with Gasteiger partial charge in [0.2, 0.25) is 0 Å². The van der Waals surface area contributed by atoms with Crippen molar-refractivity contribution < 1.29 is 52.4 Å². The number of esters is 5. The molecule has 0 aliphatic carbocycles. The molecule has 0 aromatic heterocycles. The van der Waals surface area contributed by atoms with Crippen LogP contribution in [0.15, 0.2) is 78.9 Å². The molecule has 0 saturated carbocycles. The second-order valence-corrected chi connectivity index (χ2v) is 12.2. The minimum Gasteiger partial charge on any atom is -0.489 e. The summed E-state index contributed by atoms with van der Waals surface area (Å²) in [6, 6.07) is 23.4. The Morgan fingerprint density at radius 1 is 0.540 bits per heavy atom. The minimum absolute atomic E-state index is 0.0113. The molecule has 0 fully saturated rings. The molecular weight excluding hydrogens is 644 g/mol. The molecule has 0 spiro atoms. The summed E-state index contributed by atoms with van der Waals surface area (Å²) in [5.74, 6) is -5.28. The van der Waals surface area contributed by atoms with Crippen molar-refractivity contribution in [2.75, 3.05) is 26.4 Å². The molecule has 3 unspecified atom stereocenters. The van der Waals surface area contributed by atoms with Crippen LogP contribution in [0.2, 0.25) is 0 Å². The van der Waals surface area contributed by atoms with E-state index < -0.39 is 53.7 Å². The molecule has 0 bridgehead atoms. The van der Waals surface area contributed by atoms with Crippen molar-refractivity contribution in [2.24, 2.45) is 17.8 Å². The molecule has 0 heterocycles. The minimum atomic E-state index is -0.933. The van der Waals surface area contributed by atoms with Crippen molar-refractivity contribution >= 4 is 29.8 Å². The summed E-state index contributed by atoms with van der Waals surface area (Å²) in [5.41, 5.74) is 1.89. The van der Waals surface area contributed by atoms with Crippen molar-refractivity contribution in [2.45, 2.75) is 60.2 Å². The Balaban J connectivity index is 1.49. The second-order valence-electron chi connectivity index (χ2n) is 12.2. The van der Waals surface area contributed by atoms with Gasteiger partial charge < -0.3 is 28.4 Å². The number of hydrogen-bond acceptors (Lipinski definition) is 11. The second kappa shape index (κ2) is 19.7. The van der Waals surface area contributed by atoms with Crippen molar-refractivity contribution in [3.8, 4) is 16.9 Å². The van der Waals surface area contributed by atoms with E-state index in [1.165, 1.54) is 12.1 Å². The highest BCUT2D eigenvalue weighted by Gasteiger charge is 2.36. The molecule has 11 nitrogen and oxygen atoms in total. The Kier molecular flexibility index (Phi) is 15.5. The van der Waals surface area contributed by atoms with Crippen LogP contribution in [0.1, 0.15) is 68.7 Å². The van der Waals surface area contributed by atoms with Crippen LogP contribution in [0.3, 0.4) is 0 Å². The zero-order chi connectivity index (χ0) is 36.6. The average molecular weight is 691 g/mol. The quantitative estimate of drug-likeness (QED) is 0.0824. The third-order valence-corrected chi connectivity index (χ3v) is 7.47. The summed E-state index contributed by atoms with van der Waals surface area (Å²) in [4.78, 5) is 63.9. The summed E-state index contributed by atoms with van der Waals surface area (Å²) in [6.45, 7) is 9.38. The smallest absolute Gasteiger partial charge is 0.339 e. The van der Waals surface area contributed by atoms with Gasteiger partial charge in [-0.3, -0.25) is 14.4 Å². The molecule has 50 heavy (non-hydrogen) atoms. The van der Waals surface area contributed by atoms with E-state index >= 15 is 0 Å². The fourth-order valence-corrected chi connectivity index (χ4v) is 4.95. The van der Waals surface area contributed by atoms with Crippen molar-refractivity contribution in [1.82, 2.24) is 0 Å². The molecule has 3 atom stereocenters. The topological polar surface area (TPSA) is 141 Å². The molecule has 268 valence electrons. The Morgan fingerprint density at radius 2 is 1.04 bits per heavy atom. The van der Waals surface area contributed by atoms with E-state index in [-0.39, 0.29) is 50.1 Å². The first-order chi connectivity index (χ1) is 23.9.